The molecule has 1 aromatic carbocycles. The standard InChI is InChI=1S/C14H18O2/c1-14(2,3)12-10-5-7-15-11(10)8-9-4-6-16-13(9)12/h8H,4-7H2,1-3H3. The molecule has 0 aliphatic carbocycles. The minimum atomic E-state index is 0.132. The Hall–Kier alpha value is -1.18. The van der Waals surface area contributed by atoms with Crippen LogP contribution in [-0.4, -0.2) is 13.2 Å². The Balaban J connectivity index is 2.28. The zero-order chi connectivity index (χ0) is 11.3. The minimum absolute atomic E-state index is 0.132. The van der Waals surface area contributed by atoms with Crippen molar-refractivity contribution in [3.05, 3.63) is 22.8 Å². The van der Waals surface area contributed by atoms with Crippen LogP contribution in [0.1, 0.15) is 37.5 Å². The van der Waals surface area contributed by atoms with Gasteiger partial charge in [0.1, 0.15) is 11.5 Å². The Morgan fingerprint density at radius 1 is 1.06 bits per heavy atom. The van der Waals surface area contributed by atoms with Gasteiger partial charge in [-0.15, -0.1) is 0 Å². The van der Waals surface area contributed by atoms with Crippen LogP contribution >= 0.6 is 0 Å². The van der Waals surface area contributed by atoms with E-state index in [1.54, 1.807) is 0 Å². The maximum Gasteiger partial charge on any atom is 0.126 e. The molecule has 0 aromatic heterocycles. The number of hydrogen-bond acceptors (Lipinski definition) is 2. The van der Waals surface area contributed by atoms with E-state index < -0.39 is 0 Å². The lowest BCUT2D eigenvalue weighted by Crippen LogP contribution is -2.15. The van der Waals surface area contributed by atoms with Crippen molar-refractivity contribution in [2.75, 3.05) is 13.2 Å². The summed E-state index contributed by atoms with van der Waals surface area (Å²) in [5.41, 5.74) is 4.20. The molecule has 2 nitrogen and oxygen atoms in total. The summed E-state index contributed by atoms with van der Waals surface area (Å²) < 4.78 is 11.5. The Morgan fingerprint density at radius 2 is 1.81 bits per heavy atom. The van der Waals surface area contributed by atoms with Crippen LogP contribution in [0.25, 0.3) is 0 Å². The molecule has 0 saturated carbocycles. The van der Waals surface area contributed by atoms with Crippen molar-refractivity contribution in [1.29, 1.82) is 0 Å². The first-order valence-corrected chi connectivity index (χ1v) is 6.02. The van der Waals surface area contributed by atoms with Crippen molar-refractivity contribution in [3.63, 3.8) is 0 Å². The average molecular weight is 218 g/mol. The van der Waals surface area contributed by atoms with Crippen molar-refractivity contribution >= 4 is 0 Å². The molecule has 2 heteroatoms. The fourth-order valence-corrected chi connectivity index (χ4v) is 2.78. The van der Waals surface area contributed by atoms with Crippen LogP contribution in [0, 0.1) is 0 Å². The summed E-state index contributed by atoms with van der Waals surface area (Å²) in [4.78, 5) is 0. The molecular formula is C14H18O2. The molecule has 0 amide bonds. The second-order valence-corrected chi connectivity index (χ2v) is 5.66. The molecule has 0 unspecified atom stereocenters. The lowest BCUT2D eigenvalue weighted by atomic mass is 9.81. The van der Waals surface area contributed by atoms with Crippen LogP contribution in [0.2, 0.25) is 0 Å². The minimum Gasteiger partial charge on any atom is -0.493 e. The van der Waals surface area contributed by atoms with Gasteiger partial charge in [-0.3, -0.25) is 0 Å². The van der Waals surface area contributed by atoms with Crippen LogP contribution in [0.3, 0.4) is 0 Å². The van der Waals surface area contributed by atoms with E-state index in [9.17, 15) is 0 Å². The summed E-state index contributed by atoms with van der Waals surface area (Å²) in [6, 6.07) is 2.18. The summed E-state index contributed by atoms with van der Waals surface area (Å²) in [6.07, 6.45) is 2.05. The van der Waals surface area contributed by atoms with Crippen molar-refractivity contribution in [2.24, 2.45) is 0 Å². The van der Waals surface area contributed by atoms with E-state index in [4.69, 9.17) is 9.47 Å². The van der Waals surface area contributed by atoms with Crippen LogP contribution < -0.4 is 9.47 Å². The van der Waals surface area contributed by atoms with Gasteiger partial charge in [-0.25, -0.2) is 0 Å². The molecule has 0 saturated heterocycles. The molecule has 3 rings (SSSR count). The maximum atomic E-state index is 5.83. The lowest BCUT2D eigenvalue weighted by molar-refractivity contribution is 0.346. The molecule has 0 bridgehead atoms. The van der Waals surface area contributed by atoms with E-state index in [0.29, 0.717) is 0 Å². The molecule has 0 N–H and O–H groups in total. The van der Waals surface area contributed by atoms with Gasteiger partial charge in [0.2, 0.25) is 0 Å². The summed E-state index contributed by atoms with van der Waals surface area (Å²) in [7, 11) is 0. The zero-order valence-electron chi connectivity index (χ0n) is 10.2. The van der Waals surface area contributed by atoms with E-state index in [1.165, 1.54) is 16.7 Å². The second kappa shape index (κ2) is 3.16. The van der Waals surface area contributed by atoms with Gasteiger partial charge in [0.15, 0.2) is 0 Å². The summed E-state index contributed by atoms with van der Waals surface area (Å²) in [5, 5.41) is 0. The Morgan fingerprint density at radius 3 is 2.56 bits per heavy atom. The van der Waals surface area contributed by atoms with Crippen LogP contribution in [0.15, 0.2) is 6.07 Å². The molecule has 2 aliphatic rings. The summed E-state index contributed by atoms with van der Waals surface area (Å²) >= 11 is 0. The molecule has 0 atom stereocenters. The van der Waals surface area contributed by atoms with Gasteiger partial charge in [-0.2, -0.15) is 0 Å². The molecule has 86 valence electrons. The highest BCUT2D eigenvalue weighted by Crippen LogP contribution is 2.45. The third-order valence-corrected chi connectivity index (χ3v) is 3.40. The number of fused-ring (bicyclic) bond motifs is 2. The summed E-state index contributed by atoms with van der Waals surface area (Å²) in [6.45, 7) is 8.40. The Kier molecular flexibility index (Phi) is 1.97. The van der Waals surface area contributed by atoms with Crippen LogP contribution in [0.4, 0.5) is 0 Å². The number of benzene rings is 1. The van der Waals surface area contributed by atoms with Gasteiger partial charge in [0, 0.05) is 29.5 Å². The summed E-state index contributed by atoms with van der Waals surface area (Å²) in [5.74, 6) is 2.23. The SMILES string of the molecule is CC(C)(C)c1c2c(cc3c1OCC3)OCC2. The third kappa shape index (κ3) is 1.32. The van der Waals surface area contributed by atoms with Crippen molar-refractivity contribution in [2.45, 2.75) is 39.0 Å². The Labute approximate surface area is 96.6 Å². The van der Waals surface area contributed by atoms with Gasteiger partial charge in [0.25, 0.3) is 0 Å². The topological polar surface area (TPSA) is 18.5 Å². The third-order valence-electron chi connectivity index (χ3n) is 3.40. The monoisotopic (exact) mass is 218 g/mol. The first-order valence-electron chi connectivity index (χ1n) is 6.02. The lowest BCUT2D eigenvalue weighted by Gasteiger charge is -2.24. The van der Waals surface area contributed by atoms with E-state index in [2.05, 4.69) is 26.8 Å². The van der Waals surface area contributed by atoms with Crippen LogP contribution in [0.5, 0.6) is 11.5 Å². The van der Waals surface area contributed by atoms with Gasteiger partial charge in [-0.1, -0.05) is 20.8 Å². The van der Waals surface area contributed by atoms with Gasteiger partial charge in [-0.05, 0) is 11.5 Å². The zero-order valence-corrected chi connectivity index (χ0v) is 10.2. The highest BCUT2D eigenvalue weighted by atomic mass is 16.5. The highest BCUT2D eigenvalue weighted by molar-refractivity contribution is 5.58. The molecule has 0 radical (unpaired) electrons. The molecule has 0 fully saturated rings. The smallest absolute Gasteiger partial charge is 0.126 e. The molecular weight excluding hydrogens is 200 g/mol. The number of hydrogen-bond donors (Lipinski definition) is 0. The molecule has 0 spiro atoms. The molecule has 2 aliphatic heterocycles. The molecule has 16 heavy (non-hydrogen) atoms. The molecule has 2 heterocycles. The normalized spacial score (nSPS) is 17.7. The van der Waals surface area contributed by atoms with Crippen molar-refractivity contribution in [1.82, 2.24) is 0 Å². The van der Waals surface area contributed by atoms with Gasteiger partial charge >= 0.3 is 0 Å². The predicted molar refractivity (Wildman–Crippen MR) is 63.5 cm³/mol. The van der Waals surface area contributed by atoms with Gasteiger partial charge in [0.05, 0.1) is 13.2 Å². The second-order valence-electron chi connectivity index (χ2n) is 5.66. The first kappa shape index (κ1) is 10.0. The van der Waals surface area contributed by atoms with E-state index >= 15 is 0 Å². The van der Waals surface area contributed by atoms with Crippen LogP contribution in [-0.2, 0) is 18.3 Å². The quantitative estimate of drug-likeness (QED) is 0.666. The number of ether oxygens (including phenoxy) is 2. The first-order chi connectivity index (χ1) is 7.57. The van der Waals surface area contributed by atoms with Crippen molar-refractivity contribution in [3.8, 4) is 11.5 Å². The fourth-order valence-electron chi connectivity index (χ4n) is 2.78. The predicted octanol–water partition coefficient (Wildman–Crippen LogP) is 2.85. The fraction of sp³-hybridized carbons (Fsp3) is 0.571. The van der Waals surface area contributed by atoms with Gasteiger partial charge < -0.3 is 9.47 Å². The van der Waals surface area contributed by atoms with E-state index in [1.807, 2.05) is 0 Å². The molecule has 1 aromatic rings. The van der Waals surface area contributed by atoms with Crippen molar-refractivity contribution < 1.29 is 9.47 Å². The highest BCUT2D eigenvalue weighted by Gasteiger charge is 2.32. The largest absolute Gasteiger partial charge is 0.493 e. The maximum absolute atomic E-state index is 5.83. The number of rotatable bonds is 0. The van der Waals surface area contributed by atoms with E-state index in [-0.39, 0.29) is 5.41 Å². The average Bonchev–Trinajstić information content (AvgIpc) is 2.77. The van der Waals surface area contributed by atoms with E-state index in [0.717, 1.165) is 37.6 Å². The Bertz CT molecular complexity index is 409.